The van der Waals surface area contributed by atoms with E-state index in [-0.39, 0.29) is 19.0 Å². The Hall–Kier alpha value is -3.03. The number of halogens is 3. The lowest BCUT2D eigenvalue weighted by Gasteiger charge is -2.33. The van der Waals surface area contributed by atoms with Crippen LogP contribution < -0.4 is 5.32 Å². The summed E-state index contributed by atoms with van der Waals surface area (Å²) in [5.74, 6) is -1.89. The van der Waals surface area contributed by atoms with Crippen LogP contribution in [-0.2, 0) is 13.1 Å². The summed E-state index contributed by atoms with van der Waals surface area (Å²) < 4.78 is 39.0. The Bertz CT molecular complexity index is 918. The summed E-state index contributed by atoms with van der Waals surface area (Å²) in [4.78, 5) is 28.1. The van der Waals surface area contributed by atoms with E-state index in [1.54, 1.807) is 17.0 Å². The maximum atomic E-state index is 13.0. The predicted molar refractivity (Wildman–Crippen MR) is 106 cm³/mol. The molecule has 2 aromatic rings. The van der Waals surface area contributed by atoms with Gasteiger partial charge in [-0.3, -0.25) is 4.79 Å². The fourth-order valence-electron chi connectivity index (χ4n) is 3.99. The van der Waals surface area contributed by atoms with Gasteiger partial charge in [-0.2, -0.15) is 13.2 Å². The number of hydrogen-bond donors (Lipinski definition) is 1. The summed E-state index contributed by atoms with van der Waals surface area (Å²) in [6.07, 6.45) is -3.90. The highest BCUT2D eigenvalue weighted by atomic mass is 19.4. The van der Waals surface area contributed by atoms with E-state index in [1.165, 1.54) is 17.0 Å². The Morgan fingerprint density at radius 2 is 1.57 bits per heavy atom. The molecule has 0 aliphatic carbocycles. The van der Waals surface area contributed by atoms with Gasteiger partial charge in [0.05, 0.1) is 5.92 Å². The van der Waals surface area contributed by atoms with Crippen LogP contribution in [0, 0.1) is 5.92 Å². The first kappa shape index (κ1) is 20.3. The highest BCUT2D eigenvalue weighted by molar-refractivity contribution is 5.95. The number of hydrogen-bond acceptors (Lipinski definition) is 2. The molecule has 30 heavy (non-hydrogen) atoms. The summed E-state index contributed by atoms with van der Waals surface area (Å²) in [7, 11) is 0. The van der Waals surface area contributed by atoms with Gasteiger partial charge in [0.15, 0.2) is 0 Å². The van der Waals surface area contributed by atoms with Crippen molar-refractivity contribution in [3.05, 3.63) is 65.2 Å². The summed E-state index contributed by atoms with van der Waals surface area (Å²) in [5, 5.41) is 2.80. The van der Waals surface area contributed by atoms with Crippen LogP contribution in [0.15, 0.2) is 48.5 Å². The number of urea groups is 1. The van der Waals surface area contributed by atoms with E-state index in [4.69, 9.17) is 0 Å². The largest absolute Gasteiger partial charge is 0.393 e. The van der Waals surface area contributed by atoms with Gasteiger partial charge in [0.1, 0.15) is 0 Å². The highest BCUT2D eigenvalue weighted by Gasteiger charge is 2.42. The van der Waals surface area contributed by atoms with Gasteiger partial charge in [0.25, 0.3) is 5.91 Å². The lowest BCUT2D eigenvalue weighted by Crippen LogP contribution is -2.44. The van der Waals surface area contributed by atoms with Crippen LogP contribution in [0.5, 0.6) is 0 Å². The third-order valence-electron chi connectivity index (χ3n) is 5.68. The molecule has 0 saturated carbocycles. The number of anilines is 1. The topological polar surface area (TPSA) is 52.7 Å². The van der Waals surface area contributed by atoms with Crippen molar-refractivity contribution in [2.75, 3.05) is 18.4 Å². The smallest absolute Gasteiger partial charge is 0.338 e. The number of piperidine rings is 1. The molecule has 0 bridgehead atoms. The van der Waals surface area contributed by atoms with E-state index in [2.05, 4.69) is 5.32 Å². The predicted octanol–water partition coefficient (Wildman–Crippen LogP) is 4.65. The first-order chi connectivity index (χ1) is 14.3. The van der Waals surface area contributed by atoms with Crippen LogP contribution in [0.4, 0.5) is 23.7 Å². The zero-order valence-electron chi connectivity index (χ0n) is 16.3. The Labute approximate surface area is 172 Å². The molecule has 1 saturated heterocycles. The van der Waals surface area contributed by atoms with E-state index < -0.39 is 18.0 Å². The average Bonchev–Trinajstić information content (AvgIpc) is 3.18. The lowest BCUT2D eigenvalue weighted by atomic mass is 9.97. The molecule has 158 valence electrons. The van der Waals surface area contributed by atoms with Gasteiger partial charge >= 0.3 is 12.2 Å². The van der Waals surface area contributed by atoms with Gasteiger partial charge < -0.3 is 15.1 Å². The quantitative estimate of drug-likeness (QED) is 0.774. The molecule has 1 fully saturated rings. The molecule has 0 aromatic heterocycles. The van der Waals surface area contributed by atoms with Gasteiger partial charge in [0.2, 0.25) is 0 Å². The maximum Gasteiger partial charge on any atom is 0.393 e. The van der Waals surface area contributed by atoms with Gasteiger partial charge in [0, 0.05) is 37.4 Å². The third-order valence-corrected chi connectivity index (χ3v) is 5.68. The van der Waals surface area contributed by atoms with Crippen LogP contribution in [0.3, 0.4) is 0 Å². The molecular formula is C22H22F3N3O2. The molecule has 5 nitrogen and oxygen atoms in total. The van der Waals surface area contributed by atoms with Crippen molar-refractivity contribution >= 4 is 17.6 Å². The zero-order valence-corrected chi connectivity index (χ0v) is 16.3. The van der Waals surface area contributed by atoms with E-state index in [1.807, 2.05) is 24.3 Å². The molecule has 2 aromatic carbocycles. The van der Waals surface area contributed by atoms with Gasteiger partial charge in [-0.05, 0) is 48.2 Å². The normalized spacial score (nSPS) is 18.8. The molecule has 2 heterocycles. The Balaban J connectivity index is 1.36. The molecule has 8 heteroatoms. The van der Waals surface area contributed by atoms with E-state index in [0.29, 0.717) is 37.3 Å². The Kier molecular flexibility index (Phi) is 5.40. The molecule has 1 atom stereocenters. The molecule has 1 N–H and O–H groups in total. The Morgan fingerprint density at radius 3 is 2.17 bits per heavy atom. The second-order valence-electron chi connectivity index (χ2n) is 7.76. The van der Waals surface area contributed by atoms with Crippen LogP contribution >= 0.6 is 0 Å². The summed E-state index contributed by atoms with van der Waals surface area (Å²) in [5.41, 5.74) is 3.07. The molecule has 0 spiro atoms. The number of fused-ring (bicyclic) bond motifs is 1. The van der Waals surface area contributed by atoms with Crippen molar-refractivity contribution in [2.24, 2.45) is 5.92 Å². The van der Waals surface area contributed by atoms with E-state index >= 15 is 0 Å². The summed E-state index contributed by atoms with van der Waals surface area (Å²) in [6.45, 7) is 1.08. The molecule has 0 radical (unpaired) electrons. The number of benzene rings is 2. The number of nitrogens with zero attached hydrogens (tertiary/aromatic N) is 2. The molecule has 3 amide bonds. The minimum Gasteiger partial charge on any atom is -0.338 e. The van der Waals surface area contributed by atoms with Crippen LogP contribution in [-0.4, -0.2) is 41.0 Å². The van der Waals surface area contributed by atoms with Crippen molar-refractivity contribution in [3.8, 4) is 0 Å². The minimum absolute atomic E-state index is 0.0542. The number of amides is 3. The molecule has 2 aliphatic rings. The van der Waals surface area contributed by atoms with Crippen LogP contribution in [0.1, 0.15) is 34.3 Å². The molecular weight excluding hydrogens is 395 g/mol. The van der Waals surface area contributed by atoms with Crippen molar-refractivity contribution in [2.45, 2.75) is 32.1 Å². The fraction of sp³-hybridized carbons (Fsp3) is 0.364. The van der Waals surface area contributed by atoms with Gasteiger partial charge in [-0.1, -0.05) is 24.3 Å². The van der Waals surface area contributed by atoms with E-state index in [0.717, 1.165) is 11.1 Å². The summed E-state index contributed by atoms with van der Waals surface area (Å²) >= 11 is 0. The number of alkyl halides is 3. The van der Waals surface area contributed by atoms with Gasteiger partial charge in [-0.25, -0.2) is 4.79 Å². The minimum atomic E-state index is -4.29. The molecule has 4 rings (SSSR count). The lowest BCUT2D eigenvalue weighted by molar-refractivity contribution is -0.184. The van der Waals surface area contributed by atoms with Crippen molar-refractivity contribution < 1.29 is 22.8 Å². The second-order valence-corrected chi connectivity index (χ2v) is 7.76. The van der Waals surface area contributed by atoms with Crippen molar-refractivity contribution in [3.63, 3.8) is 0 Å². The van der Waals surface area contributed by atoms with Crippen molar-refractivity contribution in [1.82, 2.24) is 9.80 Å². The van der Waals surface area contributed by atoms with E-state index in [9.17, 15) is 22.8 Å². The fourth-order valence-corrected chi connectivity index (χ4v) is 3.99. The van der Waals surface area contributed by atoms with Crippen LogP contribution in [0.25, 0.3) is 0 Å². The molecule has 2 aliphatic heterocycles. The second kappa shape index (κ2) is 8.01. The Morgan fingerprint density at radius 1 is 0.933 bits per heavy atom. The first-order valence-corrected chi connectivity index (χ1v) is 9.90. The number of carbonyl (C=O) groups is 2. The van der Waals surface area contributed by atoms with Gasteiger partial charge in [-0.15, -0.1) is 0 Å². The highest BCUT2D eigenvalue weighted by Crippen LogP contribution is 2.33. The number of nitrogens with one attached hydrogen (secondary N) is 1. The third kappa shape index (κ3) is 4.27. The average molecular weight is 417 g/mol. The maximum absolute atomic E-state index is 13.0. The summed E-state index contributed by atoms with van der Waals surface area (Å²) in [6, 6.07) is 13.9. The monoisotopic (exact) mass is 417 g/mol. The number of carbonyl (C=O) groups excluding carboxylic acids is 2. The number of likely N-dealkylation sites (tertiary alicyclic amines) is 1. The zero-order chi connectivity index (χ0) is 21.3. The SMILES string of the molecule is O=C(Nc1ccc(C(=O)N2CCCC(C(F)(F)F)C2)cc1)N1Cc2ccccc2C1. The van der Waals surface area contributed by atoms with Crippen LogP contribution in [0.2, 0.25) is 0 Å². The van der Waals surface area contributed by atoms with Crippen molar-refractivity contribution in [1.29, 1.82) is 0 Å². The standard InChI is InChI=1S/C22H22F3N3O2/c23-22(24,25)18-6-3-11-27(14-18)20(29)15-7-9-19(10-8-15)26-21(30)28-12-16-4-1-2-5-17(16)13-28/h1-2,4-5,7-10,18H,3,6,11-14H2,(H,26,30). The number of rotatable bonds is 2. The first-order valence-electron chi connectivity index (χ1n) is 9.90. The molecule has 1 unspecified atom stereocenters.